The Morgan fingerprint density at radius 1 is 1.15 bits per heavy atom. The molecule has 1 aliphatic heterocycles. The molecule has 0 amide bonds. The van der Waals surface area contributed by atoms with Crippen LogP contribution in [0.5, 0.6) is 5.75 Å². The minimum Gasteiger partial charge on any atom is -0.497 e. The summed E-state index contributed by atoms with van der Waals surface area (Å²) in [5.41, 5.74) is 2.49. The maximum absolute atomic E-state index is 5.27. The van der Waals surface area contributed by atoms with Crippen LogP contribution in [0.1, 0.15) is 12.0 Å². The van der Waals surface area contributed by atoms with Gasteiger partial charge in [-0.3, -0.25) is 4.99 Å². The van der Waals surface area contributed by atoms with E-state index in [0.717, 1.165) is 37.9 Å². The number of guanidine groups is 1. The monoisotopic (exact) mass is 480 g/mol. The molecule has 1 aliphatic rings. The van der Waals surface area contributed by atoms with E-state index in [1.165, 1.54) is 17.7 Å². The van der Waals surface area contributed by atoms with Gasteiger partial charge in [0, 0.05) is 38.9 Å². The number of nitrogens with one attached hydrogen (secondary N) is 2. The van der Waals surface area contributed by atoms with Gasteiger partial charge in [0.2, 0.25) is 0 Å². The van der Waals surface area contributed by atoms with Crippen molar-refractivity contribution < 1.29 is 4.74 Å². The van der Waals surface area contributed by atoms with Crippen molar-refractivity contribution in [1.29, 1.82) is 0 Å². The summed E-state index contributed by atoms with van der Waals surface area (Å²) in [7, 11) is 3.50. The lowest BCUT2D eigenvalue weighted by atomic mass is 10.1. The predicted octanol–water partition coefficient (Wildman–Crippen LogP) is 3.50. The lowest BCUT2D eigenvalue weighted by Gasteiger charge is -2.19. The Hall–Kier alpha value is -1.96. The number of nitrogens with zero attached hydrogens (tertiary/aromatic N) is 2. The number of halogens is 1. The first kappa shape index (κ1) is 21.3. The average molecular weight is 480 g/mol. The normalized spacial score (nSPS) is 16.6. The number of anilines is 1. The molecule has 2 aromatic rings. The standard InChI is InChI=1S/C21H28N4O.HI/c1-22-21(23-14-17-7-6-10-20(13-17)26-2)24-15-18-11-12-25(16-18)19-8-4-3-5-9-19;/h3-10,13,18H,11-12,14-16H2,1-2H3,(H2,22,23,24);1H. The van der Waals surface area contributed by atoms with E-state index < -0.39 is 0 Å². The van der Waals surface area contributed by atoms with Crippen LogP contribution in [0.4, 0.5) is 5.69 Å². The summed E-state index contributed by atoms with van der Waals surface area (Å²) in [6.45, 7) is 3.86. The summed E-state index contributed by atoms with van der Waals surface area (Å²) < 4.78 is 5.27. The predicted molar refractivity (Wildman–Crippen MR) is 123 cm³/mol. The third-order valence-corrected chi connectivity index (χ3v) is 4.78. The molecule has 0 radical (unpaired) electrons. The van der Waals surface area contributed by atoms with Gasteiger partial charge in [0.25, 0.3) is 0 Å². The molecule has 1 fully saturated rings. The number of hydrogen-bond donors (Lipinski definition) is 2. The van der Waals surface area contributed by atoms with Gasteiger partial charge >= 0.3 is 0 Å². The Kier molecular flexibility index (Phi) is 8.71. The molecule has 0 aliphatic carbocycles. The zero-order valence-corrected chi connectivity index (χ0v) is 18.4. The number of methoxy groups -OCH3 is 1. The minimum absolute atomic E-state index is 0. The van der Waals surface area contributed by atoms with E-state index in [1.54, 1.807) is 7.11 Å². The molecular formula is C21H29IN4O. The fourth-order valence-electron chi connectivity index (χ4n) is 3.30. The molecule has 2 aromatic carbocycles. The number of hydrogen-bond acceptors (Lipinski definition) is 3. The quantitative estimate of drug-likeness (QED) is 0.378. The van der Waals surface area contributed by atoms with Crippen molar-refractivity contribution in [1.82, 2.24) is 10.6 Å². The Labute approximate surface area is 179 Å². The Morgan fingerprint density at radius 3 is 2.70 bits per heavy atom. The third kappa shape index (κ3) is 6.30. The highest BCUT2D eigenvalue weighted by Crippen LogP contribution is 2.22. The minimum atomic E-state index is 0. The molecule has 0 spiro atoms. The van der Waals surface area contributed by atoms with Gasteiger partial charge < -0.3 is 20.3 Å². The highest BCUT2D eigenvalue weighted by molar-refractivity contribution is 14.0. The third-order valence-electron chi connectivity index (χ3n) is 4.78. The average Bonchev–Trinajstić information content (AvgIpc) is 3.18. The van der Waals surface area contributed by atoms with Crippen molar-refractivity contribution in [3.05, 3.63) is 60.2 Å². The summed E-state index contributed by atoms with van der Waals surface area (Å²) in [4.78, 5) is 6.79. The van der Waals surface area contributed by atoms with Gasteiger partial charge in [0.05, 0.1) is 7.11 Å². The van der Waals surface area contributed by atoms with Crippen LogP contribution in [-0.2, 0) is 6.54 Å². The number of aliphatic imine (C=N–C) groups is 1. The summed E-state index contributed by atoms with van der Waals surface area (Å²) >= 11 is 0. The topological polar surface area (TPSA) is 48.9 Å². The van der Waals surface area contributed by atoms with Crippen molar-refractivity contribution in [3.63, 3.8) is 0 Å². The lowest BCUT2D eigenvalue weighted by molar-refractivity contribution is 0.414. The molecule has 1 saturated heterocycles. The van der Waals surface area contributed by atoms with Crippen molar-refractivity contribution in [3.8, 4) is 5.75 Å². The zero-order valence-electron chi connectivity index (χ0n) is 16.0. The molecule has 0 saturated carbocycles. The van der Waals surface area contributed by atoms with E-state index in [-0.39, 0.29) is 24.0 Å². The Balaban J connectivity index is 0.00000261. The molecule has 6 heteroatoms. The van der Waals surface area contributed by atoms with Crippen LogP contribution in [0.2, 0.25) is 0 Å². The zero-order chi connectivity index (χ0) is 18.2. The molecule has 2 N–H and O–H groups in total. The van der Waals surface area contributed by atoms with E-state index in [4.69, 9.17) is 4.74 Å². The molecule has 1 unspecified atom stereocenters. The molecule has 27 heavy (non-hydrogen) atoms. The first-order valence-electron chi connectivity index (χ1n) is 9.16. The Morgan fingerprint density at radius 2 is 1.96 bits per heavy atom. The number of benzene rings is 2. The van der Waals surface area contributed by atoms with E-state index >= 15 is 0 Å². The summed E-state index contributed by atoms with van der Waals surface area (Å²) in [6.07, 6.45) is 1.20. The SMILES string of the molecule is CN=C(NCc1cccc(OC)c1)NCC1CCN(c2ccccc2)C1.I. The highest BCUT2D eigenvalue weighted by atomic mass is 127. The summed E-state index contributed by atoms with van der Waals surface area (Å²) in [5.74, 6) is 2.34. The van der Waals surface area contributed by atoms with Crippen LogP contribution in [0, 0.1) is 5.92 Å². The second-order valence-electron chi connectivity index (χ2n) is 6.59. The molecule has 146 valence electrons. The van der Waals surface area contributed by atoms with Crippen molar-refractivity contribution in [2.45, 2.75) is 13.0 Å². The second kappa shape index (κ2) is 11.0. The maximum Gasteiger partial charge on any atom is 0.191 e. The maximum atomic E-state index is 5.27. The molecule has 0 aromatic heterocycles. The molecule has 5 nitrogen and oxygen atoms in total. The Bertz CT molecular complexity index is 723. The number of ether oxygens (including phenoxy) is 1. The first-order valence-corrected chi connectivity index (χ1v) is 9.16. The van der Waals surface area contributed by atoms with Gasteiger partial charge in [-0.15, -0.1) is 24.0 Å². The molecular weight excluding hydrogens is 451 g/mol. The van der Waals surface area contributed by atoms with Gasteiger partial charge in [-0.25, -0.2) is 0 Å². The van der Waals surface area contributed by atoms with Crippen molar-refractivity contribution in [2.75, 3.05) is 38.7 Å². The molecule has 0 bridgehead atoms. The van der Waals surface area contributed by atoms with Crippen LogP contribution >= 0.6 is 24.0 Å². The molecule has 1 heterocycles. The van der Waals surface area contributed by atoms with Crippen LogP contribution in [0.25, 0.3) is 0 Å². The first-order chi connectivity index (χ1) is 12.8. The fourth-order valence-corrected chi connectivity index (χ4v) is 3.30. The van der Waals surface area contributed by atoms with Gasteiger partial charge in [-0.2, -0.15) is 0 Å². The van der Waals surface area contributed by atoms with Gasteiger partial charge in [-0.05, 0) is 42.2 Å². The highest BCUT2D eigenvalue weighted by Gasteiger charge is 2.22. The smallest absolute Gasteiger partial charge is 0.191 e. The largest absolute Gasteiger partial charge is 0.497 e. The van der Waals surface area contributed by atoms with Gasteiger partial charge in [0.1, 0.15) is 5.75 Å². The van der Waals surface area contributed by atoms with E-state index in [9.17, 15) is 0 Å². The number of rotatable bonds is 6. The van der Waals surface area contributed by atoms with E-state index in [2.05, 4.69) is 56.9 Å². The van der Waals surface area contributed by atoms with Gasteiger partial charge in [-0.1, -0.05) is 30.3 Å². The van der Waals surface area contributed by atoms with E-state index in [1.807, 2.05) is 25.2 Å². The summed E-state index contributed by atoms with van der Waals surface area (Å²) in [6, 6.07) is 18.7. The second-order valence-corrected chi connectivity index (χ2v) is 6.59. The van der Waals surface area contributed by atoms with Crippen LogP contribution in [-0.4, -0.2) is 39.8 Å². The van der Waals surface area contributed by atoms with Crippen LogP contribution in [0.3, 0.4) is 0 Å². The summed E-state index contributed by atoms with van der Waals surface area (Å²) in [5, 5.41) is 6.84. The fraction of sp³-hybridized carbons (Fsp3) is 0.381. The van der Waals surface area contributed by atoms with Gasteiger partial charge in [0.15, 0.2) is 5.96 Å². The number of para-hydroxylation sites is 1. The van der Waals surface area contributed by atoms with Crippen molar-refractivity contribution in [2.24, 2.45) is 10.9 Å². The van der Waals surface area contributed by atoms with Crippen LogP contribution in [0.15, 0.2) is 59.6 Å². The van der Waals surface area contributed by atoms with Crippen molar-refractivity contribution >= 4 is 35.6 Å². The lowest BCUT2D eigenvalue weighted by Crippen LogP contribution is -2.39. The van der Waals surface area contributed by atoms with E-state index in [0.29, 0.717) is 5.92 Å². The van der Waals surface area contributed by atoms with Crippen LogP contribution < -0.4 is 20.3 Å². The molecule has 1 atom stereocenters. The molecule has 3 rings (SSSR count).